The van der Waals surface area contributed by atoms with Crippen molar-refractivity contribution in [2.24, 2.45) is 17.4 Å². The molecule has 4 heteroatoms. The van der Waals surface area contributed by atoms with E-state index >= 15 is 0 Å². The van der Waals surface area contributed by atoms with Crippen LogP contribution in [-0.4, -0.2) is 36.0 Å². The lowest BCUT2D eigenvalue weighted by Gasteiger charge is -1.98. The van der Waals surface area contributed by atoms with Gasteiger partial charge < -0.3 is 21.7 Å². The molecule has 6 N–H and O–H groups in total. The van der Waals surface area contributed by atoms with Crippen LogP contribution < -0.4 is 11.5 Å². The average Bonchev–Trinajstić information content (AvgIpc) is 2.14. The van der Waals surface area contributed by atoms with E-state index in [1.807, 2.05) is 6.92 Å². The molecule has 0 bridgehead atoms. The Morgan fingerprint density at radius 3 is 1.85 bits per heavy atom. The zero-order valence-electron chi connectivity index (χ0n) is 8.74. The Morgan fingerprint density at radius 2 is 1.77 bits per heavy atom. The summed E-state index contributed by atoms with van der Waals surface area (Å²) < 4.78 is 0. The average molecular weight is 192 g/mol. The van der Waals surface area contributed by atoms with Crippen LogP contribution in [0.1, 0.15) is 26.7 Å². The van der Waals surface area contributed by atoms with E-state index in [9.17, 15) is 0 Å². The highest BCUT2D eigenvalue weighted by Crippen LogP contribution is 1.91. The topological polar surface area (TPSA) is 92.5 Å². The summed E-state index contributed by atoms with van der Waals surface area (Å²) in [4.78, 5) is 0. The largest absolute Gasteiger partial charge is 0.396 e. The molecule has 0 fully saturated rings. The fraction of sp³-hybridized carbons (Fsp3) is 1.00. The third-order valence-electron chi connectivity index (χ3n) is 1.54. The molecule has 0 spiro atoms. The fourth-order valence-electron chi connectivity index (χ4n) is 0.488. The van der Waals surface area contributed by atoms with Crippen LogP contribution in [0.25, 0.3) is 0 Å². The molecule has 13 heavy (non-hydrogen) atoms. The normalized spacial score (nSPS) is 14.3. The summed E-state index contributed by atoms with van der Waals surface area (Å²) in [6, 6.07) is 0. The van der Waals surface area contributed by atoms with Crippen molar-refractivity contribution in [1.29, 1.82) is 0 Å². The molecule has 0 aliphatic heterocycles. The Bertz CT molecular complexity index is 85.7. The van der Waals surface area contributed by atoms with Gasteiger partial charge in [-0.05, 0) is 38.8 Å². The first-order valence-electron chi connectivity index (χ1n) is 4.77. The SMILES string of the molecule is CC(CN)CO.CC(O)CCCN. The molecule has 0 aromatic carbocycles. The van der Waals surface area contributed by atoms with Gasteiger partial charge in [0.2, 0.25) is 0 Å². The van der Waals surface area contributed by atoms with E-state index in [1.54, 1.807) is 6.92 Å². The Labute approximate surface area is 80.9 Å². The van der Waals surface area contributed by atoms with Gasteiger partial charge >= 0.3 is 0 Å². The van der Waals surface area contributed by atoms with Crippen molar-refractivity contribution in [1.82, 2.24) is 0 Å². The van der Waals surface area contributed by atoms with Crippen molar-refractivity contribution in [3.8, 4) is 0 Å². The monoisotopic (exact) mass is 192 g/mol. The van der Waals surface area contributed by atoms with Gasteiger partial charge in [-0.2, -0.15) is 0 Å². The van der Waals surface area contributed by atoms with Crippen LogP contribution in [0, 0.1) is 5.92 Å². The van der Waals surface area contributed by atoms with E-state index in [4.69, 9.17) is 21.7 Å². The molecule has 0 saturated carbocycles. The highest BCUT2D eigenvalue weighted by atomic mass is 16.3. The van der Waals surface area contributed by atoms with E-state index in [0.29, 0.717) is 13.1 Å². The molecular formula is C9H24N2O2. The summed E-state index contributed by atoms with van der Waals surface area (Å²) in [6.45, 7) is 5.15. The number of hydrogen-bond donors (Lipinski definition) is 4. The van der Waals surface area contributed by atoms with Crippen LogP contribution in [0.2, 0.25) is 0 Å². The first kappa shape index (κ1) is 15.3. The standard InChI is InChI=1S/C5H13NO.C4H11NO/c1-5(7)3-2-4-6;1-4(2-5)3-6/h5,7H,2-4,6H2,1H3;4,6H,2-3,5H2,1H3. The van der Waals surface area contributed by atoms with Crippen LogP contribution in [0.3, 0.4) is 0 Å². The van der Waals surface area contributed by atoms with E-state index in [0.717, 1.165) is 12.8 Å². The minimum absolute atomic E-state index is 0.177. The molecule has 0 rings (SSSR count). The van der Waals surface area contributed by atoms with E-state index in [2.05, 4.69) is 0 Å². The highest BCUT2D eigenvalue weighted by Gasteiger charge is 1.91. The Morgan fingerprint density at radius 1 is 1.23 bits per heavy atom. The van der Waals surface area contributed by atoms with Gasteiger partial charge in [0.15, 0.2) is 0 Å². The number of nitrogens with two attached hydrogens (primary N) is 2. The third-order valence-corrected chi connectivity index (χ3v) is 1.54. The molecule has 0 aliphatic carbocycles. The van der Waals surface area contributed by atoms with Crippen molar-refractivity contribution in [2.75, 3.05) is 19.7 Å². The molecule has 0 aliphatic rings. The van der Waals surface area contributed by atoms with Crippen molar-refractivity contribution in [3.63, 3.8) is 0 Å². The Kier molecular flexibility index (Phi) is 14.0. The second-order valence-corrected chi connectivity index (χ2v) is 3.30. The molecule has 4 nitrogen and oxygen atoms in total. The van der Waals surface area contributed by atoms with Crippen molar-refractivity contribution >= 4 is 0 Å². The van der Waals surface area contributed by atoms with Gasteiger partial charge in [0.1, 0.15) is 0 Å². The summed E-state index contributed by atoms with van der Waals surface area (Å²) >= 11 is 0. The van der Waals surface area contributed by atoms with Gasteiger partial charge in [-0.3, -0.25) is 0 Å². The van der Waals surface area contributed by atoms with E-state index in [1.165, 1.54) is 0 Å². The van der Waals surface area contributed by atoms with Gasteiger partial charge in [0.05, 0.1) is 6.10 Å². The zero-order chi connectivity index (χ0) is 10.7. The van der Waals surface area contributed by atoms with Gasteiger partial charge in [0, 0.05) is 6.61 Å². The fourth-order valence-corrected chi connectivity index (χ4v) is 0.488. The molecule has 82 valence electrons. The minimum Gasteiger partial charge on any atom is -0.396 e. The van der Waals surface area contributed by atoms with Crippen LogP contribution >= 0.6 is 0 Å². The van der Waals surface area contributed by atoms with E-state index < -0.39 is 0 Å². The molecule has 0 aromatic rings. The predicted octanol–water partition coefficient (Wildman–Crippen LogP) is -0.320. The second-order valence-electron chi connectivity index (χ2n) is 3.30. The molecule has 0 amide bonds. The minimum atomic E-state index is -0.177. The Balaban J connectivity index is 0. The van der Waals surface area contributed by atoms with E-state index in [-0.39, 0.29) is 18.6 Å². The van der Waals surface area contributed by atoms with Gasteiger partial charge in [-0.25, -0.2) is 0 Å². The smallest absolute Gasteiger partial charge is 0.0512 e. The summed E-state index contributed by atoms with van der Waals surface area (Å²) in [6.07, 6.45) is 1.58. The molecule has 2 unspecified atom stereocenters. The number of hydrogen-bond acceptors (Lipinski definition) is 4. The van der Waals surface area contributed by atoms with Crippen LogP contribution in [0.4, 0.5) is 0 Å². The Hall–Kier alpha value is -0.160. The maximum absolute atomic E-state index is 8.63. The maximum atomic E-state index is 8.63. The zero-order valence-corrected chi connectivity index (χ0v) is 8.74. The molecule has 0 aromatic heterocycles. The third kappa shape index (κ3) is 18.7. The van der Waals surface area contributed by atoms with Crippen molar-refractivity contribution < 1.29 is 10.2 Å². The second kappa shape index (κ2) is 11.8. The summed E-state index contributed by atoms with van der Waals surface area (Å²) in [5.74, 6) is 0.269. The molecule has 2 atom stereocenters. The summed E-state index contributed by atoms with van der Waals surface area (Å²) in [5, 5.41) is 16.9. The lowest BCUT2D eigenvalue weighted by molar-refractivity contribution is 0.182. The van der Waals surface area contributed by atoms with Gasteiger partial charge in [-0.1, -0.05) is 6.92 Å². The quantitative estimate of drug-likeness (QED) is 0.480. The lowest BCUT2D eigenvalue weighted by atomic mass is 10.2. The van der Waals surface area contributed by atoms with Gasteiger partial charge in [-0.15, -0.1) is 0 Å². The molecular weight excluding hydrogens is 168 g/mol. The van der Waals surface area contributed by atoms with Crippen molar-refractivity contribution in [2.45, 2.75) is 32.8 Å². The number of rotatable bonds is 5. The van der Waals surface area contributed by atoms with Gasteiger partial charge in [0.25, 0.3) is 0 Å². The summed E-state index contributed by atoms with van der Waals surface area (Å²) in [7, 11) is 0. The molecule has 0 radical (unpaired) electrons. The molecule has 0 saturated heterocycles. The van der Waals surface area contributed by atoms with Crippen LogP contribution in [0.15, 0.2) is 0 Å². The lowest BCUT2D eigenvalue weighted by Crippen LogP contribution is -2.13. The van der Waals surface area contributed by atoms with Crippen LogP contribution in [-0.2, 0) is 0 Å². The number of aliphatic hydroxyl groups is 2. The summed E-state index contributed by atoms with van der Waals surface area (Å²) in [5.41, 5.74) is 10.3. The van der Waals surface area contributed by atoms with Crippen molar-refractivity contribution in [3.05, 3.63) is 0 Å². The first-order valence-corrected chi connectivity index (χ1v) is 4.77. The predicted molar refractivity (Wildman–Crippen MR) is 55.3 cm³/mol. The first-order chi connectivity index (χ1) is 6.08. The molecule has 0 heterocycles. The highest BCUT2D eigenvalue weighted by molar-refractivity contribution is 4.46. The number of aliphatic hydroxyl groups excluding tert-OH is 2. The maximum Gasteiger partial charge on any atom is 0.0512 e. The van der Waals surface area contributed by atoms with Crippen LogP contribution in [0.5, 0.6) is 0 Å².